The number of carboxylic acids is 1. The van der Waals surface area contributed by atoms with Gasteiger partial charge in [0.1, 0.15) is 0 Å². The molecule has 0 radical (unpaired) electrons. The van der Waals surface area contributed by atoms with Gasteiger partial charge in [-0.25, -0.2) is 4.79 Å². The van der Waals surface area contributed by atoms with Crippen molar-refractivity contribution in [2.75, 3.05) is 6.61 Å². The molecule has 0 aromatic heterocycles. The maximum atomic E-state index is 11.3. The van der Waals surface area contributed by atoms with Crippen LogP contribution in [0.2, 0.25) is 0 Å². The summed E-state index contributed by atoms with van der Waals surface area (Å²) in [4.78, 5) is 11.3. The van der Waals surface area contributed by atoms with Gasteiger partial charge in [-0.1, -0.05) is 52.3 Å². The minimum atomic E-state index is -1.45. The third-order valence-corrected chi connectivity index (χ3v) is 12.1. The summed E-state index contributed by atoms with van der Waals surface area (Å²) in [7, 11) is 0. The molecule has 0 bridgehead atoms. The molecule has 6 nitrogen and oxygen atoms in total. The van der Waals surface area contributed by atoms with Crippen molar-refractivity contribution in [3.63, 3.8) is 0 Å². The van der Waals surface area contributed by atoms with Gasteiger partial charge in [0, 0.05) is 11.3 Å². The first-order chi connectivity index (χ1) is 16.7. The van der Waals surface area contributed by atoms with E-state index < -0.39 is 18.9 Å². The van der Waals surface area contributed by atoms with Crippen LogP contribution < -0.4 is 0 Å². The number of fused-ring (bicyclic) bond motifs is 5. The number of allylic oxidation sites excluding steroid dienone is 2. The Kier molecular flexibility index (Phi) is 7.35. The number of aliphatic hydroxyl groups is 4. The lowest BCUT2D eigenvalue weighted by molar-refractivity contribution is -0.156. The van der Waals surface area contributed by atoms with Crippen LogP contribution in [0, 0.1) is 45.3 Å². The molecule has 8 atom stereocenters. The van der Waals surface area contributed by atoms with Crippen LogP contribution >= 0.6 is 0 Å². The summed E-state index contributed by atoms with van der Waals surface area (Å²) in [5.74, 6) is -0.196. The third kappa shape index (κ3) is 4.02. The lowest BCUT2D eigenvalue weighted by Crippen LogP contribution is -2.58. The highest BCUT2D eigenvalue weighted by Crippen LogP contribution is 2.73. The van der Waals surface area contributed by atoms with E-state index in [-0.39, 0.29) is 45.2 Å². The number of hydrogen-bond acceptors (Lipinski definition) is 5. The first kappa shape index (κ1) is 27.8. The molecule has 0 aliphatic heterocycles. The second-order valence-corrected chi connectivity index (χ2v) is 13.6. The summed E-state index contributed by atoms with van der Waals surface area (Å²) < 4.78 is 0. The first-order valence-electron chi connectivity index (χ1n) is 14.0. The average molecular weight is 505 g/mol. The van der Waals surface area contributed by atoms with Crippen LogP contribution in [0.4, 0.5) is 0 Å². The number of carboxylic acid groups (broad SMARTS) is 1. The molecule has 0 amide bonds. The van der Waals surface area contributed by atoms with Crippen molar-refractivity contribution in [1.29, 1.82) is 0 Å². The van der Waals surface area contributed by atoms with Crippen molar-refractivity contribution < 1.29 is 30.3 Å². The second-order valence-electron chi connectivity index (χ2n) is 13.6. The molecule has 4 aliphatic carbocycles. The zero-order chi connectivity index (χ0) is 26.7. The largest absolute Gasteiger partial charge is 0.478 e. The van der Waals surface area contributed by atoms with E-state index in [2.05, 4.69) is 40.7 Å². The summed E-state index contributed by atoms with van der Waals surface area (Å²) in [6.45, 7) is 11.1. The summed E-state index contributed by atoms with van der Waals surface area (Å²) in [5, 5.41) is 50.2. The van der Waals surface area contributed by atoms with Gasteiger partial charge in [-0.15, -0.1) is 0 Å². The molecule has 36 heavy (non-hydrogen) atoms. The highest BCUT2D eigenvalue weighted by Gasteiger charge is 2.66. The highest BCUT2D eigenvalue weighted by molar-refractivity contribution is 5.86. The first-order valence-corrected chi connectivity index (χ1v) is 14.0. The van der Waals surface area contributed by atoms with Gasteiger partial charge in [0.25, 0.3) is 0 Å². The summed E-state index contributed by atoms with van der Waals surface area (Å²) in [6.07, 6.45) is 10.2. The van der Waals surface area contributed by atoms with E-state index >= 15 is 0 Å². The smallest absolute Gasteiger partial charge is 0.333 e. The van der Waals surface area contributed by atoms with E-state index in [1.807, 2.05) is 0 Å². The van der Waals surface area contributed by atoms with Crippen LogP contribution in [0.3, 0.4) is 0 Å². The van der Waals surface area contributed by atoms with Gasteiger partial charge in [0.05, 0.1) is 18.3 Å². The number of rotatable bonds is 7. The van der Waals surface area contributed by atoms with Crippen molar-refractivity contribution >= 4 is 5.97 Å². The van der Waals surface area contributed by atoms with Crippen molar-refractivity contribution in [1.82, 2.24) is 0 Å². The van der Waals surface area contributed by atoms with Gasteiger partial charge < -0.3 is 25.5 Å². The Morgan fingerprint density at radius 1 is 1.03 bits per heavy atom. The molecule has 0 unspecified atom stereocenters. The molecule has 4 rings (SSSR count). The predicted octanol–water partition coefficient (Wildman–Crippen LogP) is 4.66. The van der Waals surface area contributed by atoms with Crippen LogP contribution in [-0.4, -0.2) is 50.5 Å². The Balaban J connectivity index is 1.61. The molecule has 3 saturated carbocycles. The molecule has 0 spiro atoms. The SMILES string of the molecule is CC1(C)C2=CC[C@@H]3[C@H](CC[C@]4(C)[C@@H]([C@@H](CC/C=C(/CO)C(=O)O)C(O)O)CC[C@@]34C)[C@@]2(C)CC[C@H]1O. The van der Waals surface area contributed by atoms with Gasteiger partial charge in [0.15, 0.2) is 6.29 Å². The molecule has 4 aliphatic rings. The Morgan fingerprint density at radius 2 is 1.69 bits per heavy atom. The quantitative estimate of drug-likeness (QED) is 0.195. The number of hydrogen-bond donors (Lipinski definition) is 5. The number of aliphatic carboxylic acids is 1. The van der Waals surface area contributed by atoms with E-state index in [0.29, 0.717) is 24.7 Å². The monoisotopic (exact) mass is 504 g/mol. The zero-order valence-electron chi connectivity index (χ0n) is 22.8. The van der Waals surface area contributed by atoms with Crippen molar-refractivity contribution in [3.8, 4) is 0 Å². The van der Waals surface area contributed by atoms with Crippen molar-refractivity contribution in [3.05, 3.63) is 23.3 Å². The van der Waals surface area contributed by atoms with Crippen LogP contribution in [0.5, 0.6) is 0 Å². The van der Waals surface area contributed by atoms with E-state index in [1.54, 1.807) is 0 Å². The molecule has 3 fully saturated rings. The Bertz CT molecular complexity index is 920. The van der Waals surface area contributed by atoms with Crippen LogP contribution in [0.25, 0.3) is 0 Å². The molecule has 6 heteroatoms. The third-order valence-electron chi connectivity index (χ3n) is 12.1. The van der Waals surface area contributed by atoms with Crippen molar-refractivity contribution in [2.45, 2.75) is 105 Å². The molecular weight excluding hydrogens is 456 g/mol. The Morgan fingerprint density at radius 3 is 2.31 bits per heavy atom. The summed E-state index contributed by atoms with van der Waals surface area (Å²) in [5.41, 5.74) is 1.39. The fourth-order valence-electron chi connectivity index (χ4n) is 9.74. The molecule has 0 saturated heterocycles. The molecule has 0 aromatic carbocycles. The van der Waals surface area contributed by atoms with E-state index in [4.69, 9.17) is 0 Å². The Hall–Kier alpha value is -1.21. The van der Waals surface area contributed by atoms with Crippen LogP contribution in [0.1, 0.15) is 92.4 Å². The predicted molar refractivity (Wildman–Crippen MR) is 139 cm³/mol. The van der Waals surface area contributed by atoms with Gasteiger partial charge >= 0.3 is 5.97 Å². The fourth-order valence-corrected chi connectivity index (χ4v) is 9.74. The minimum absolute atomic E-state index is 0.0235. The topological polar surface area (TPSA) is 118 Å². The minimum Gasteiger partial charge on any atom is -0.478 e. The van der Waals surface area contributed by atoms with E-state index in [1.165, 1.54) is 11.6 Å². The fraction of sp³-hybridized carbons (Fsp3) is 0.833. The second kappa shape index (κ2) is 9.52. The normalized spacial score (nSPS) is 42.8. The van der Waals surface area contributed by atoms with Crippen molar-refractivity contribution in [2.24, 2.45) is 45.3 Å². The maximum absolute atomic E-state index is 11.3. The summed E-state index contributed by atoms with van der Waals surface area (Å²) >= 11 is 0. The molecule has 5 N–H and O–H groups in total. The summed E-state index contributed by atoms with van der Waals surface area (Å²) in [6, 6.07) is 0. The maximum Gasteiger partial charge on any atom is 0.333 e. The molecular formula is C30H48O6. The van der Waals surface area contributed by atoms with Gasteiger partial charge in [0.2, 0.25) is 0 Å². The van der Waals surface area contributed by atoms with Crippen LogP contribution in [0.15, 0.2) is 23.3 Å². The number of carbonyl (C=O) groups is 1. The highest BCUT2D eigenvalue weighted by atomic mass is 16.5. The van der Waals surface area contributed by atoms with Gasteiger partial charge in [-0.05, 0) is 91.8 Å². The van der Waals surface area contributed by atoms with E-state index in [0.717, 1.165) is 44.9 Å². The molecule has 204 valence electrons. The van der Waals surface area contributed by atoms with E-state index in [9.17, 15) is 30.3 Å². The van der Waals surface area contributed by atoms with Gasteiger partial charge in [-0.2, -0.15) is 0 Å². The molecule has 0 aromatic rings. The van der Waals surface area contributed by atoms with Gasteiger partial charge in [-0.3, -0.25) is 0 Å². The average Bonchev–Trinajstić information content (AvgIpc) is 3.07. The Labute approximate surface area is 216 Å². The standard InChI is InChI=1S/C30H48O6/c1-27(2)23-10-9-22-21(28(23,3)14-13-24(27)32)12-16-29(4)20(11-15-30(22,29)5)19(26(35)36)8-6-7-18(17-31)25(33)34/h7,10,19-22,24,26,31-32,35-36H,6,8-9,11-17H2,1-5H3,(H,33,34)/b18-7-/t19-,20-,21+,22-,24-,28-,29-,30+/m1/s1. The molecule has 0 heterocycles. The lowest BCUT2D eigenvalue weighted by atomic mass is 9.40. The van der Waals surface area contributed by atoms with Crippen LogP contribution in [-0.2, 0) is 4.79 Å². The number of aliphatic hydroxyl groups excluding tert-OH is 3. The lowest BCUT2D eigenvalue weighted by Gasteiger charge is -2.64. The zero-order valence-corrected chi connectivity index (χ0v) is 22.8.